The summed E-state index contributed by atoms with van der Waals surface area (Å²) in [6, 6.07) is 22.3. The maximum atomic E-state index is 12.6. The molecule has 0 aliphatic heterocycles. The summed E-state index contributed by atoms with van der Waals surface area (Å²) in [7, 11) is 0. The molecule has 0 saturated carbocycles. The van der Waals surface area contributed by atoms with Crippen molar-refractivity contribution in [1.29, 1.82) is 0 Å². The number of aromatic nitrogens is 3. The van der Waals surface area contributed by atoms with Gasteiger partial charge in [0.25, 0.3) is 0 Å². The average Bonchev–Trinajstić information content (AvgIpc) is 3.11. The maximum Gasteiger partial charge on any atom is 0.234 e. The van der Waals surface area contributed by atoms with Crippen LogP contribution < -0.4 is 11.2 Å². The lowest BCUT2D eigenvalue weighted by Crippen LogP contribution is -2.20. The number of carbonyl (C=O) groups excluding carboxylic acids is 1. The lowest BCUT2D eigenvalue weighted by atomic mass is 9.86. The molecule has 0 radical (unpaired) electrons. The quantitative estimate of drug-likeness (QED) is 0.330. The van der Waals surface area contributed by atoms with E-state index in [1.807, 2.05) is 42.5 Å². The highest BCUT2D eigenvalue weighted by Crippen LogP contribution is 2.29. The molecule has 6 nitrogen and oxygen atoms in total. The number of hydrogen-bond acceptors (Lipinski definition) is 5. The highest BCUT2D eigenvalue weighted by molar-refractivity contribution is 7.99. The second-order valence-electron chi connectivity index (χ2n) is 8.72. The first-order valence-electron chi connectivity index (χ1n) is 10.5. The van der Waals surface area contributed by atoms with Crippen LogP contribution in [0.2, 0.25) is 0 Å². The first-order chi connectivity index (χ1) is 15.3. The maximum absolute atomic E-state index is 12.6. The molecular weight excluding hydrogens is 418 g/mol. The lowest BCUT2D eigenvalue weighted by Gasteiger charge is -2.22. The third-order valence-electron chi connectivity index (χ3n) is 5.31. The van der Waals surface area contributed by atoms with Gasteiger partial charge in [-0.25, -0.2) is 4.68 Å². The number of anilines is 1. The molecule has 3 N–H and O–H groups in total. The van der Waals surface area contributed by atoms with Crippen molar-refractivity contribution >= 4 is 34.1 Å². The fourth-order valence-corrected chi connectivity index (χ4v) is 4.38. The van der Waals surface area contributed by atoms with Gasteiger partial charge in [0.15, 0.2) is 5.82 Å². The molecule has 7 heteroatoms. The number of para-hydroxylation sites is 1. The lowest BCUT2D eigenvalue weighted by molar-refractivity contribution is -0.113. The molecule has 0 atom stereocenters. The van der Waals surface area contributed by atoms with Gasteiger partial charge < -0.3 is 11.2 Å². The molecule has 0 aliphatic carbocycles. The summed E-state index contributed by atoms with van der Waals surface area (Å²) in [5, 5.41) is 14.3. The summed E-state index contributed by atoms with van der Waals surface area (Å²) in [6.45, 7) is 6.38. The van der Waals surface area contributed by atoms with E-state index < -0.39 is 0 Å². The van der Waals surface area contributed by atoms with E-state index >= 15 is 0 Å². The summed E-state index contributed by atoms with van der Waals surface area (Å²) < 4.78 is 1.48. The molecular formula is C25H27N5OS. The van der Waals surface area contributed by atoms with E-state index in [0.717, 1.165) is 16.8 Å². The Kier molecular flexibility index (Phi) is 6.19. The van der Waals surface area contributed by atoms with Crippen molar-refractivity contribution in [3.8, 4) is 0 Å². The molecule has 0 bridgehead atoms. The van der Waals surface area contributed by atoms with Gasteiger partial charge in [0, 0.05) is 12.1 Å². The van der Waals surface area contributed by atoms with E-state index in [4.69, 9.17) is 5.84 Å². The molecule has 3 aromatic carbocycles. The predicted octanol–water partition coefficient (Wildman–Crippen LogP) is 4.76. The fraction of sp³-hybridized carbons (Fsp3) is 0.240. The summed E-state index contributed by atoms with van der Waals surface area (Å²) in [5.74, 6) is 7.00. The smallest absolute Gasteiger partial charge is 0.234 e. The van der Waals surface area contributed by atoms with Crippen LogP contribution in [0.15, 0.2) is 71.9 Å². The Hall–Kier alpha value is -3.32. The Balaban J connectivity index is 1.43. The number of nitrogens with zero attached hydrogens (tertiary/aromatic N) is 3. The number of nitrogens with two attached hydrogens (primary N) is 1. The molecule has 0 saturated heterocycles. The van der Waals surface area contributed by atoms with E-state index in [9.17, 15) is 4.79 Å². The summed E-state index contributed by atoms with van der Waals surface area (Å²) >= 11 is 1.28. The normalized spacial score (nSPS) is 11.6. The van der Waals surface area contributed by atoms with Gasteiger partial charge in [0.05, 0.1) is 5.75 Å². The molecule has 1 heterocycles. The minimum absolute atomic E-state index is 0.0645. The number of carbonyl (C=O) groups is 1. The van der Waals surface area contributed by atoms with Gasteiger partial charge in [0.2, 0.25) is 11.1 Å². The molecule has 0 spiro atoms. The van der Waals surface area contributed by atoms with Crippen LogP contribution in [0.3, 0.4) is 0 Å². The zero-order valence-electron chi connectivity index (χ0n) is 18.5. The van der Waals surface area contributed by atoms with Crippen LogP contribution in [0.4, 0.5) is 5.69 Å². The van der Waals surface area contributed by atoms with Crippen LogP contribution in [-0.2, 0) is 16.6 Å². The van der Waals surface area contributed by atoms with E-state index in [0.29, 0.717) is 17.4 Å². The predicted molar refractivity (Wildman–Crippen MR) is 131 cm³/mol. The van der Waals surface area contributed by atoms with Gasteiger partial charge in [-0.2, -0.15) is 0 Å². The molecule has 1 aromatic heterocycles. The Bertz CT molecular complexity index is 1250. The summed E-state index contributed by atoms with van der Waals surface area (Å²) in [6.07, 6.45) is 0.566. The summed E-state index contributed by atoms with van der Waals surface area (Å²) in [4.78, 5) is 12.6. The van der Waals surface area contributed by atoms with Crippen molar-refractivity contribution in [3.63, 3.8) is 0 Å². The van der Waals surface area contributed by atoms with Crippen molar-refractivity contribution in [2.45, 2.75) is 37.8 Å². The fourth-order valence-electron chi connectivity index (χ4n) is 3.71. The Morgan fingerprint density at radius 2 is 1.72 bits per heavy atom. The number of nitrogen functional groups attached to an aromatic ring is 1. The van der Waals surface area contributed by atoms with Crippen molar-refractivity contribution in [3.05, 3.63) is 83.7 Å². The van der Waals surface area contributed by atoms with E-state index in [2.05, 4.69) is 60.6 Å². The second-order valence-corrected chi connectivity index (χ2v) is 9.66. The van der Waals surface area contributed by atoms with Crippen molar-refractivity contribution in [1.82, 2.24) is 14.9 Å². The zero-order valence-corrected chi connectivity index (χ0v) is 19.3. The number of benzene rings is 3. The number of fused-ring (bicyclic) bond motifs is 1. The third-order valence-corrected chi connectivity index (χ3v) is 6.25. The molecule has 0 fully saturated rings. The molecule has 164 valence electrons. The minimum atomic E-state index is -0.106. The van der Waals surface area contributed by atoms with Crippen molar-refractivity contribution < 1.29 is 4.79 Å². The monoisotopic (exact) mass is 445 g/mol. The standard InChI is InChI=1S/C25H27N5OS/c1-25(2,3)20-13-6-7-14-21(20)27-23(31)16-32-24-29-28-22(30(24)26)15-18-11-8-10-17-9-4-5-12-19(17)18/h4-14H,15-16,26H2,1-3H3,(H,27,31). The molecule has 0 unspecified atom stereocenters. The Morgan fingerprint density at radius 3 is 2.53 bits per heavy atom. The number of rotatable bonds is 6. The largest absolute Gasteiger partial charge is 0.336 e. The van der Waals surface area contributed by atoms with Crippen LogP contribution in [0, 0.1) is 0 Å². The van der Waals surface area contributed by atoms with Gasteiger partial charge in [-0.1, -0.05) is 93.2 Å². The van der Waals surface area contributed by atoms with E-state index in [1.54, 1.807) is 0 Å². The van der Waals surface area contributed by atoms with Crippen LogP contribution in [0.25, 0.3) is 10.8 Å². The first-order valence-corrected chi connectivity index (χ1v) is 11.5. The Morgan fingerprint density at radius 1 is 1.00 bits per heavy atom. The SMILES string of the molecule is CC(C)(C)c1ccccc1NC(=O)CSc1nnc(Cc2cccc3ccccc23)n1N. The molecule has 0 aliphatic rings. The van der Waals surface area contributed by atoms with Gasteiger partial charge in [-0.3, -0.25) is 4.79 Å². The molecule has 4 rings (SSSR count). The van der Waals surface area contributed by atoms with Crippen molar-refractivity contribution in [2.75, 3.05) is 16.9 Å². The van der Waals surface area contributed by atoms with E-state index in [-0.39, 0.29) is 17.1 Å². The van der Waals surface area contributed by atoms with Gasteiger partial charge in [-0.05, 0) is 33.4 Å². The van der Waals surface area contributed by atoms with Crippen LogP contribution >= 0.6 is 11.8 Å². The summed E-state index contributed by atoms with van der Waals surface area (Å²) in [5.41, 5.74) is 3.00. The third kappa shape index (κ3) is 4.78. The van der Waals surface area contributed by atoms with Gasteiger partial charge in [-0.15, -0.1) is 10.2 Å². The van der Waals surface area contributed by atoms with Crippen LogP contribution in [0.1, 0.15) is 37.7 Å². The van der Waals surface area contributed by atoms with Crippen LogP contribution in [0.5, 0.6) is 0 Å². The highest BCUT2D eigenvalue weighted by Gasteiger charge is 2.19. The molecule has 1 amide bonds. The van der Waals surface area contributed by atoms with Gasteiger partial charge in [0.1, 0.15) is 0 Å². The number of hydrogen-bond donors (Lipinski definition) is 2. The number of thioether (sulfide) groups is 1. The van der Waals surface area contributed by atoms with Crippen molar-refractivity contribution in [2.24, 2.45) is 0 Å². The topological polar surface area (TPSA) is 85.8 Å². The second kappa shape index (κ2) is 9.04. The van der Waals surface area contributed by atoms with Crippen LogP contribution in [-0.4, -0.2) is 26.5 Å². The van der Waals surface area contributed by atoms with Gasteiger partial charge >= 0.3 is 0 Å². The zero-order chi connectivity index (χ0) is 22.7. The average molecular weight is 446 g/mol. The Labute approximate surface area is 192 Å². The molecule has 4 aromatic rings. The first kappa shape index (κ1) is 21.9. The molecule has 32 heavy (non-hydrogen) atoms. The highest BCUT2D eigenvalue weighted by atomic mass is 32.2. The number of amides is 1. The number of nitrogens with one attached hydrogen (secondary N) is 1. The van der Waals surface area contributed by atoms with E-state index in [1.165, 1.54) is 27.2 Å². The minimum Gasteiger partial charge on any atom is -0.336 e.